The van der Waals surface area contributed by atoms with Gasteiger partial charge < -0.3 is 9.53 Å². The molecule has 3 heteroatoms. The van der Waals surface area contributed by atoms with Gasteiger partial charge in [0.25, 0.3) is 0 Å². The first-order valence-corrected chi connectivity index (χ1v) is 3.16. The van der Waals surface area contributed by atoms with Crippen LogP contribution < -0.4 is 5.32 Å². The maximum absolute atomic E-state index is 10.4. The minimum atomic E-state index is -0.289. The van der Waals surface area contributed by atoms with Crippen molar-refractivity contribution in [1.29, 1.82) is 0 Å². The average Bonchev–Trinajstić information content (AvgIpc) is 1.88. The minimum Gasteiger partial charge on any atom is -0.377 e. The Kier molecular flexibility index (Phi) is 0.926. The number of rotatable bonds is 1. The Morgan fingerprint density at radius 3 is 2.89 bits per heavy atom. The molecule has 2 bridgehead atoms. The summed E-state index contributed by atoms with van der Waals surface area (Å²) >= 11 is 0. The molecule has 3 fully saturated rings. The molecule has 2 unspecified atom stereocenters. The number of hydrogen-bond acceptors (Lipinski definition) is 3. The summed E-state index contributed by atoms with van der Waals surface area (Å²) in [4.78, 5) is 10.4. The zero-order valence-corrected chi connectivity index (χ0v) is 5.09. The van der Waals surface area contributed by atoms with Gasteiger partial charge in [0.05, 0.1) is 18.8 Å². The smallest absolute Gasteiger partial charge is 0.142 e. The quantitative estimate of drug-likeness (QED) is 0.474. The van der Waals surface area contributed by atoms with Gasteiger partial charge in [-0.25, -0.2) is 0 Å². The van der Waals surface area contributed by atoms with Crippen molar-refractivity contribution in [2.75, 3.05) is 13.2 Å². The molecule has 0 aromatic heterocycles. The predicted molar refractivity (Wildman–Crippen MR) is 31.2 cm³/mol. The van der Waals surface area contributed by atoms with Crippen LogP contribution in [0, 0.1) is 0 Å². The van der Waals surface area contributed by atoms with Crippen molar-refractivity contribution in [3.63, 3.8) is 0 Å². The standard InChI is InChI=1S/C6H9NO2/c8-3-6-1-5(7-6)2-9-4-6/h3,5,7H,1-2,4H2. The lowest BCUT2D eigenvalue weighted by Crippen LogP contribution is -2.72. The van der Waals surface area contributed by atoms with E-state index in [0.29, 0.717) is 12.6 Å². The van der Waals surface area contributed by atoms with E-state index in [1.165, 1.54) is 0 Å². The van der Waals surface area contributed by atoms with Crippen LogP contribution in [-0.2, 0) is 9.53 Å². The van der Waals surface area contributed by atoms with Crippen LogP contribution in [0.4, 0.5) is 0 Å². The molecule has 0 saturated carbocycles. The lowest BCUT2D eigenvalue weighted by Gasteiger charge is -2.49. The van der Waals surface area contributed by atoms with E-state index in [1.54, 1.807) is 0 Å². The van der Waals surface area contributed by atoms with Gasteiger partial charge in [0.2, 0.25) is 0 Å². The number of hydrogen-bond donors (Lipinski definition) is 1. The summed E-state index contributed by atoms with van der Waals surface area (Å²) in [5.74, 6) is 0. The molecular weight excluding hydrogens is 118 g/mol. The van der Waals surface area contributed by atoms with Crippen molar-refractivity contribution >= 4 is 6.29 Å². The van der Waals surface area contributed by atoms with Gasteiger partial charge in [0, 0.05) is 6.04 Å². The largest absolute Gasteiger partial charge is 0.377 e. The fourth-order valence-corrected chi connectivity index (χ4v) is 1.53. The lowest BCUT2D eigenvalue weighted by molar-refractivity contribution is -0.132. The van der Waals surface area contributed by atoms with Gasteiger partial charge in [0.15, 0.2) is 0 Å². The van der Waals surface area contributed by atoms with Crippen molar-refractivity contribution in [3.05, 3.63) is 0 Å². The number of ether oxygens (including phenoxy) is 1. The van der Waals surface area contributed by atoms with E-state index in [0.717, 1.165) is 19.3 Å². The number of nitrogens with one attached hydrogen (secondary N) is 1. The lowest BCUT2D eigenvalue weighted by atomic mass is 9.82. The molecule has 3 rings (SSSR count). The summed E-state index contributed by atoms with van der Waals surface area (Å²) in [7, 11) is 0. The molecule has 50 valence electrons. The maximum Gasteiger partial charge on any atom is 0.142 e. The van der Waals surface area contributed by atoms with Gasteiger partial charge in [0.1, 0.15) is 6.29 Å². The summed E-state index contributed by atoms with van der Waals surface area (Å²) in [6.07, 6.45) is 1.93. The zero-order valence-electron chi connectivity index (χ0n) is 5.09. The molecule has 3 saturated heterocycles. The van der Waals surface area contributed by atoms with Crippen LogP contribution in [0.5, 0.6) is 0 Å². The molecule has 0 aliphatic carbocycles. The van der Waals surface area contributed by atoms with Gasteiger partial charge in [-0.05, 0) is 6.42 Å². The maximum atomic E-state index is 10.4. The first-order valence-electron chi connectivity index (χ1n) is 3.16. The van der Waals surface area contributed by atoms with Crippen LogP contribution in [0.2, 0.25) is 0 Å². The van der Waals surface area contributed by atoms with Crippen molar-refractivity contribution in [3.8, 4) is 0 Å². The van der Waals surface area contributed by atoms with Crippen molar-refractivity contribution in [2.24, 2.45) is 0 Å². The van der Waals surface area contributed by atoms with Crippen LogP contribution >= 0.6 is 0 Å². The van der Waals surface area contributed by atoms with E-state index in [-0.39, 0.29) is 5.54 Å². The van der Waals surface area contributed by atoms with Crippen LogP contribution in [0.15, 0.2) is 0 Å². The van der Waals surface area contributed by atoms with Crippen molar-refractivity contribution in [2.45, 2.75) is 18.0 Å². The number of carbonyl (C=O) groups is 1. The number of aldehydes is 1. The summed E-state index contributed by atoms with van der Waals surface area (Å²) in [5.41, 5.74) is -0.289. The van der Waals surface area contributed by atoms with Crippen LogP contribution in [-0.4, -0.2) is 31.1 Å². The average molecular weight is 127 g/mol. The van der Waals surface area contributed by atoms with Crippen molar-refractivity contribution < 1.29 is 9.53 Å². The fourth-order valence-electron chi connectivity index (χ4n) is 1.53. The molecule has 0 radical (unpaired) electrons. The van der Waals surface area contributed by atoms with Crippen LogP contribution in [0.3, 0.4) is 0 Å². The monoisotopic (exact) mass is 127 g/mol. The molecular formula is C6H9NO2. The number of fused-ring (bicyclic) bond motifs is 2. The topological polar surface area (TPSA) is 38.3 Å². The van der Waals surface area contributed by atoms with E-state index >= 15 is 0 Å². The Balaban J connectivity index is 2.09. The highest BCUT2D eigenvalue weighted by Crippen LogP contribution is 2.27. The third-order valence-electron chi connectivity index (χ3n) is 2.01. The Morgan fingerprint density at radius 1 is 1.78 bits per heavy atom. The van der Waals surface area contributed by atoms with E-state index in [4.69, 9.17) is 4.74 Å². The number of morpholine rings is 1. The second-order valence-corrected chi connectivity index (χ2v) is 2.83. The Labute approximate surface area is 53.4 Å². The zero-order chi connectivity index (χ0) is 6.32. The van der Waals surface area contributed by atoms with E-state index in [2.05, 4.69) is 5.32 Å². The summed E-state index contributed by atoms with van der Waals surface area (Å²) < 4.78 is 5.13. The predicted octanol–water partition coefficient (Wildman–Crippen LogP) is -0.684. The summed E-state index contributed by atoms with van der Waals surface area (Å²) in [6.45, 7) is 1.34. The fraction of sp³-hybridized carbons (Fsp3) is 0.833. The third kappa shape index (κ3) is 0.618. The highest BCUT2D eigenvalue weighted by Gasteiger charge is 2.47. The Hall–Kier alpha value is -0.410. The van der Waals surface area contributed by atoms with Crippen LogP contribution in [0.25, 0.3) is 0 Å². The van der Waals surface area contributed by atoms with E-state index < -0.39 is 0 Å². The van der Waals surface area contributed by atoms with E-state index in [9.17, 15) is 4.79 Å². The minimum absolute atomic E-state index is 0.289. The third-order valence-corrected chi connectivity index (χ3v) is 2.01. The van der Waals surface area contributed by atoms with Gasteiger partial charge in [-0.3, -0.25) is 5.32 Å². The molecule has 9 heavy (non-hydrogen) atoms. The van der Waals surface area contributed by atoms with Gasteiger partial charge >= 0.3 is 0 Å². The van der Waals surface area contributed by atoms with Gasteiger partial charge in [-0.1, -0.05) is 0 Å². The highest BCUT2D eigenvalue weighted by atomic mass is 16.5. The normalized spacial score (nSPS) is 47.8. The van der Waals surface area contributed by atoms with E-state index in [1.807, 2.05) is 0 Å². The summed E-state index contributed by atoms with van der Waals surface area (Å²) in [6, 6.07) is 0.448. The van der Waals surface area contributed by atoms with Crippen molar-refractivity contribution in [1.82, 2.24) is 5.32 Å². The second-order valence-electron chi connectivity index (χ2n) is 2.83. The summed E-state index contributed by atoms with van der Waals surface area (Å²) in [5, 5.41) is 3.15. The SMILES string of the molecule is O=CC12COCC(C1)N2. The first-order chi connectivity index (χ1) is 4.35. The van der Waals surface area contributed by atoms with Gasteiger partial charge in [-0.2, -0.15) is 0 Å². The molecule has 3 nitrogen and oxygen atoms in total. The van der Waals surface area contributed by atoms with Crippen LogP contribution in [0.1, 0.15) is 6.42 Å². The molecule has 3 aliphatic heterocycles. The molecule has 1 N–H and O–H groups in total. The Morgan fingerprint density at radius 2 is 2.56 bits per heavy atom. The second kappa shape index (κ2) is 1.55. The highest BCUT2D eigenvalue weighted by molar-refractivity contribution is 5.67. The molecule has 2 atom stereocenters. The molecule has 0 aromatic carbocycles. The molecule has 3 heterocycles. The van der Waals surface area contributed by atoms with Gasteiger partial charge in [-0.15, -0.1) is 0 Å². The molecule has 3 aliphatic rings. The molecule has 0 spiro atoms. The Bertz CT molecular complexity index is 134. The molecule has 0 amide bonds. The number of carbonyl (C=O) groups excluding carboxylic acids is 1. The first kappa shape index (κ1) is 5.38. The molecule has 0 aromatic rings.